The maximum atomic E-state index is 11.7. The van der Waals surface area contributed by atoms with Crippen molar-refractivity contribution in [1.29, 1.82) is 0 Å². The number of halogens is 2. The molecule has 1 aliphatic rings. The Kier molecular flexibility index (Phi) is 4.69. The van der Waals surface area contributed by atoms with Crippen LogP contribution in [0.2, 0.25) is 10.3 Å². The van der Waals surface area contributed by atoms with Gasteiger partial charge in [0.25, 0.3) is 0 Å². The number of carbonyl (C=O) groups excluding carboxylic acids is 1. The Hall–Kier alpha value is -1.09. The van der Waals surface area contributed by atoms with Gasteiger partial charge in [-0.2, -0.15) is 0 Å². The molecular weight excluding hydrogens is 327 g/mol. The topological polar surface area (TPSA) is 91.4 Å². The molecule has 10 heteroatoms. The number of carbonyl (C=O) groups is 1. The van der Waals surface area contributed by atoms with Crippen LogP contribution in [0.5, 0.6) is 0 Å². The van der Waals surface area contributed by atoms with Crippen molar-refractivity contribution in [2.45, 2.75) is 0 Å². The molecule has 7 nitrogen and oxygen atoms in total. The minimum absolute atomic E-state index is 0.0280. The second kappa shape index (κ2) is 6.13. The van der Waals surface area contributed by atoms with Gasteiger partial charge in [-0.15, -0.1) is 0 Å². The number of urea groups is 1. The number of rotatable bonds is 2. The fourth-order valence-electron chi connectivity index (χ4n) is 1.66. The predicted molar refractivity (Wildman–Crippen MR) is 76.6 cm³/mol. The highest BCUT2D eigenvalue weighted by molar-refractivity contribution is 7.91. The van der Waals surface area contributed by atoms with Crippen LogP contribution in [0.25, 0.3) is 0 Å². The smallest absolute Gasteiger partial charge is 0.307 e. The first-order valence-electron chi connectivity index (χ1n) is 5.70. The third kappa shape index (κ3) is 4.48. The lowest BCUT2D eigenvalue weighted by molar-refractivity contribution is 0.194. The van der Waals surface area contributed by atoms with Crippen molar-refractivity contribution < 1.29 is 13.2 Å². The third-order valence-corrected chi connectivity index (χ3v) is 4.62. The Morgan fingerprint density at radius 1 is 1.20 bits per heavy atom. The third-order valence-electron chi connectivity index (χ3n) is 2.62. The maximum absolute atomic E-state index is 11.7. The summed E-state index contributed by atoms with van der Waals surface area (Å²) in [4.78, 5) is 15.5. The molecule has 20 heavy (non-hydrogen) atoms. The number of anilines is 1. The minimum Gasteiger partial charge on any atom is -0.307 e. The molecule has 1 aromatic rings. The highest BCUT2D eigenvalue weighted by Crippen LogP contribution is 2.18. The molecule has 2 rings (SSSR count). The van der Waals surface area contributed by atoms with Crippen molar-refractivity contribution in [3.8, 4) is 0 Å². The summed E-state index contributed by atoms with van der Waals surface area (Å²) < 4.78 is 22.5. The summed E-state index contributed by atoms with van der Waals surface area (Å²) in [6.45, 7) is 0.515. The molecule has 0 unspecified atom stereocenters. The van der Waals surface area contributed by atoms with E-state index >= 15 is 0 Å². The molecule has 2 N–H and O–H groups in total. The molecule has 1 fully saturated rings. The SMILES string of the molecule is O=C(Nc1cc(Cl)nc(Cl)c1)NN1CCS(=O)(=O)CC1. The van der Waals surface area contributed by atoms with Gasteiger partial charge in [-0.25, -0.2) is 23.2 Å². The van der Waals surface area contributed by atoms with E-state index in [1.165, 1.54) is 12.1 Å². The van der Waals surface area contributed by atoms with Crippen molar-refractivity contribution in [2.75, 3.05) is 29.9 Å². The summed E-state index contributed by atoms with van der Waals surface area (Å²) in [5.74, 6) is 0.0559. The predicted octanol–water partition coefficient (Wildman–Crippen LogP) is 1.16. The van der Waals surface area contributed by atoms with Gasteiger partial charge in [0.1, 0.15) is 10.3 Å². The number of pyridine rings is 1. The van der Waals surface area contributed by atoms with Crippen LogP contribution in [0.3, 0.4) is 0 Å². The zero-order chi connectivity index (χ0) is 14.8. The number of amides is 2. The number of nitrogens with one attached hydrogen (secondary N) is 2. The fraction of sp³-hybridized carbons (Fsp3) is 0.400. The molecule has 2 heterocycles. The molecule has 110 valence electrons. The number of aromatic nitrogens is 1. The van der Waals surface area contributed by atoms with E-state index in [9.17, 15) is 13.2 Å². The summed E-state index contributed by atoms with van der Waals surface area (Å²) >= 11 is 11.4. The lowest BCUT2D eigenvalue weighted by Gasteiger charge is -2.26. The molecule has 0 aromatic carbocycles. The second-order valence-electron chi connectivity index (χ2n) is 4.21. The van der Waals surface area contributed by atoms with Gasteiger partial charge in [-0.3, -0.25) is 5.43 Å². The first kappa shape index (κ1) is 15.3. The second-order valence-corrected chi connectivity index (χ2v) is 7.28. The number of hydrazine groups is 1. The van der Waals surface area contributed by atoms with Crippen LogP contribution in [0.4, 0.5) is 10.5 Å². The van der Waals surface area contributed by atoms with Gasteiger partial charge < -0.3 is 5.32 Å². The van der Waals surface area contributed by atoms with E-state index < -0.39 is 15.9 Å². The average molecular weight is 339 g/mol. The number of nitrogens with zero attached hydrogens (tertiary/aromatic N) is 2. The van der Waals surface area contributed by atoms with Gasteiger partial charge in [-0.1, -0.05) is 23.2 Å². The van der Waals surface area contributed by atoms with Crippen LogP contribution in [0.15, 0.2) is 12.1 Å². The standard InChI is InChI=1S/C10H12Cl2N4O3S/c11-8-5-7(6-9(12)14-8)13-10(17)15-16-1-3-20(18,19)4-2-16/h5-6H,1-4H2,(H2,13,14,15,17). The molecule has 0 saturated carbocycles. The minimum atomic E-state index is -2.98. The fourth-order valence-corrected chi connectivity index (χ4v) is 3.33. The van der Waals surface area contributed by atoms with Crippen LogP contribution in [0.1, 0.15) is 0 Å². The summed E-state index contributed by atoms with van der Waals surface area (Å²) in [5, 5.41) is 4.41. The van der Waals surface area contributed by atoms with Gasteiger partial charge in [0, 0.05) is 18.8 Å². The molecule has 1 saturated heterocycles. The Labute approximate surface area is 126 Å². The molecule has 1 aliphatic heterocycles. The largest absolute Gasteiger partial charge is 0.333 e. The van der Waals surface area contributed by atoms with E-state index in [4.69, 9.17) is 23.2 Å². The van der Waals surface area contributed by atoms with Gasteiger partial charge in [-0.05, 0) is 12.1 Å². The first-order valence-corrected chi connectivity index (χ1v) is 8.28. The molecule has 0 radical (unpaired) electrons. The zero-order valence-electron chi connectivity index (χ0n) is 10.3. The van der Waals surface area contributed by atoms with Crippen molar-refractivity contribution in [3.63, 3.8) is 0 Å². The molecule has 1 aromatic heterocycles. The van der Waals surface area contributed by atoms with Crippen LogP contribution in [0, 0.1) is 0 Å². The van der Waals surface area contributed by atoms with E-state index in [0.29, 0.717) is 5.69 Å². The van der Waals surface area contributed by atoms with Crippen LogP contribution >= 0.6 is 23.2 Å². The van der Waals surface area contributed by atoms with Crippen molar-refractivity contribution in [1.82, 2.24) is 15.4 Å². The van der Waals surface area contributed by atoms with Gasteiger partial charge in [0.2, 0.25) is 0 Å². The van der Waals surface area contributed by atoms with E-state index in [1.807, 2.05) is 0 Å². The highest BCUT2D eigenvalue weighted by atomic mass is 35.5. The monoisotopic (exact) mass is 338 g/mol. The lowest BCUT2D eigenvalue weighted by atomic mass is 10.4. The lowest BCUT2D eigenvalue weighted by Crippen LogP contribution is -2.51. The van der Waals surface area contributed by atoms with Gasteiger partial charge in [0.05, 0.1) is 11.5 Å². The number of sulfone groups is 1. The van der Waals surface area contributed by atoms with Crippen LogP contribution in [-0.4, -0.2) is 49.0 Å². The summed E-state index contributed by atoms with van der Waals surface area (Å²) in [5.41, 5.74) is 2.96. The Balaban J connectivity index is 1.90. The van der Waals surface area contributed by atoms with E-state index in [1.54, 1.807) is 5.01 Å². The maximum Gasteiger partial charge on any atom is 0.333 e. The van der Waals surface area contributed by atoms with E-state index in [2.05, 4.69) is 15.7 Å². The zero-order valence-corrected chi connectivity index (χ0v) is 12.6. The first-order chi connectivity index (χ1) is 9.34. The van der Waals surface area contributed by atoms with Crippen molar-refractivity contribution in [3.05, 3.63) is 22.4 Å². The van der Waals surface area contributed by atoms with E-state index in [-0.39, 0.29) is 34.9 Å². The normalized spacial score (nSPS) is 18.5. The summed E-state index contributed by atoms with van der Waals surface area (Å²) in [6.07, 6.45) is 0. The van der Waals surface area contributed by atoms with Crippen LogP contribution in [-0.2, 0) is 9.84 Å². The van der Waals surface area contributed by atoms with Crippen LogP contribution < -0.4 is 10.7 Å². The highest BCUT2D eigenvalue weighted by Gasteiger charge is 2.22. The Morgan fingerprint density at radius 3 is 2.30 bits per heavy atom. The van der Waals surface area contributed by atoms with Crippen molar-refractivity contribution >= 4 is 44.8 Å². The van der Waals surface area contributed by atoms with Gasteiger partial charge >= 0.3 is 6.03 Å². The number of hydrogen-bond donors (Lipinski definition) is 2. The molecule has 0 atom stereocenters. The Bertz CT molecular complexity index is 589. The summed E-state index contributed by atoms with van der Waals surface area (Å²) in [7, 11) is -2.98. The quantitative estimate of drug-likeness (QED) is 0.789. The Morgan fingerprint density at radius 2 is 1.75 bits per heavy atom. The molecule has 0 aliphatic carbocycles. The number of hydrogen-bond acceptors (Lipinski definition) is 5. The van der Waals surface area contributed by atoms with Gasteiger partial charge in [0.15, 0.2) is 9.84 Å². The molecule has 0 bridgehead atoms. The summed E-state index contributed by atoms with van der Waals surface area (Å²) in [6, 6.07) is 2.41. The molecule has 2 amide bonds. The molecule has 0 spiro atoms. The van der Waals surface area contributed by atoms with Crippen molar-refractivity contribution in [2.24, 2.45) is 0 Å². The van der Waals surface area contributed by atoms with E-state index in [0.717, 1.165) is 0 Å². The molecular formula is C10H12Cl2N4O3S. The average Bonchev–Trinajstić information content (AvgIpc) is 2.30.